The first-order valence-electron chi connectivity index (χ1n) is 4.67. The van der Waals surface area contributed by atoms with Crippen molar-refractivity contribution in [3.8, 4) is 0 Å². The maximum Gasteiger partial charge on any atom is 0.274 e. The lowest BCUT2D eigenvalue weighted by molar-refractivity contribution is 0.596. The van der Waals surface area contributed by atoms with Gasteiger partial charge in [0.25, 0.3) is 10.0 Å². The highest BCUT2D eigenvalue weighted by Gasteiger charge is 2.23. The van der Waals surface area contributed by atoms with Crippen LogP contribution in [-0.2, 0) is 10.0 Å². The molecule has 90 valence electrons. The van der Waals surface area contributed by atoms with Crippen LogP contribution in [0.2, 0.25) is 0 Å². The molecule has 0 unspecified atom stereocenters. The second-order valence-electron chi connectivity index (χ2n) is 3.22. The summed E-state index contributed by atoms with van der Waals surface area (Å²) in [5.74, 6) is 0.400. The van der Waals surface area contributed by atoms with Crippen molar-refractivity contribution in [1.29, 1.82) is 0 Å². The van der Waals surface area contributed by atoms with E-state index in [1.165, 1.54) is 22.7 Å². The van der Waals surface area contributed by atoms with Gasteiger partial charge in [-0.2, -0.15) is 0 Å². The molecule has 0 saturated carbocycles. The Labute approximate surface area is 112 Å². The Morgan fingerprint density at radius 1 is 1.29 bits per heavy atom. The zero-order chi connectivity index (χ0) is 12.5. The lowest BCUT2D eigenvalue weighted by atomic mass is 10.5. The fraction of sp³-hybridized carbons (Fsp3) is 0.100. The van der Waals surface area contributed by atoms with Crippen LogP contribution in [0.5, 0.6) is 0 Å². The van der Waals surface area contributed by atoms with Crippen LogP contribution < -0.4 is 4.31 Å². The first-order chi connectivity index (χ1) is 8.01. The molecule has 0 atom stereocenters. The van der Waals surface area contributed by atoms with E-state index in [9.17, 15) is 8.42 Å². The summed E-state index contributed by atoms with van der Waals surface area (Å²) in [7, 11) is -2.02. The van der Waals surface area contributed by atoms with Crippen LogP contribution in [0.25, 0.3) is 0 Å². The number of anilines is 1. The van der Waals surface area contributed by atoms with Crippen molar-refractivity contribution in [2.24, 2.45) is 0 Å². The molecule has 17 heavy (non-hydrogen) atoms. The van der Waals surface area contributed by atoms with Gasteiger partial charge in [0.2, 0.25) is 0 Å². The molecule has 0 aliphatic heterocycles. The number of thiophene rings is 1. The van der Waals surface area contributed by atoms with Crippen molar-refractivity contribution in [1.82, 2.24) is 4.98 Å². The Kier molecular flexibility index (Phi) is 3.50. The van der Waals surface area contributed by atoms with Gasteiger partial charge in [0.05, 0.1) is 3.79 Å². The maximum atomic E-state index is 12.2. The van der Waals surface area contributed by atoms with Crippen molar-refractivity contribution in [2.75, 3.05) is 11.4 Å². The molecule has 7 heteroatoms. The summed E-state index contributed by atoms with van der Waals surface area (Å²) in [6.45, 7) is 0. The van der Waals surface area contributed by atoms with E-state index in [1.807, 2.05) is 0 Å². The third-order valence-electron chi connectivity index (χ3n) is 2.14. The predicted molar refractivity (Wildman–Crippen MR) is 71.8 cm³/mol. The van der Waals surface area contributed by atoms with Crippen LogP contribution in [0.3, 0.4) is 0 Å². The van der Waals surface area contributed by atoms with Crippen molar-refractivity contribution >= 4 is 43.1 Å². The van der Waals surface area contributed by atoms with Gasteiger partial charge in [-0.25, -0.2) is 13.4 Å². The summed E-state index contributed by atoms with van der Waals surface area (Å²) in [6.07, 6.45) is 1.56. The zero-order valence-corrected chi connectivity index (χ0v) is 12.1. The molecule has 0 aromatic carbocycles. The summed E-state index contributed by atoms with van der Waals surface area (Å²) in [4.78, 5) is 4.02. The Morgan fingerprint density at radius 2 is 2.06 bits per heavy atom. The van der Waals surface area contributed by atoms with E-state index in [0.717, 1.165) is 3.79 Å². The minimum Gasteiger partial charge on any atom is -0.252 e. The molecule has 0 N–H and O–H groups in total. The Balaban J connectivity index is 2.40. The number of halogens is 1. The molecule has 0 spiro atoms. The highest BCUT2D eigenvalue weighted by Crippen LogP contribution is 2.29. The highest BCUT2D eigenvalue weighted by molar-refractivity contribution is 9.11. The summed E-state index contributed by atoms with van der Waals surface area (Å²) in [5.41, 5.74) is 0. The van der Waals surface area contributed by atoms with Crippen molar-refractivity contribution in [3.05, 3.63) is 40.3 Å². The SMILES string of the molecule is CN(c1ccccn1)S(=O)(=O)c1ccc(Br)s1. The van der Waals surface area contributed by atoms with Crippen LogP contribution >= 0.6 is 27.3 Å². The average molecular weight is 333 g/mol. The average Bonchev–Trinajstić information content (AvgIpc) is 2.77. The molecule has 2 rings (SSSR count). The summed E-state index contributed by atoms with van der Waals surface area (Å²) in [5, 5.41) is 0. The molecular formula is C10H9BrN2O2S2. The molecule has 0 radical (unpaired) electrons. The van der Waals surface area contributed by atoms with Crippen molar-refractivity contribution < 1.29 is 8.42 Å². The van der Waals surface area contributed by atoms with Crippen LogP contribution in [0.4, 0.5) is 5.82 Å². The summed E-state index contributed by atoms with van der Waals surface area (Å²) >= 11 is 4.43. The van der Waals surface area contributed by atoms with E-state index in [1.54, 1.807) is 36.5 Å². The van der Waals surface area contributed by atoms with Gasteiger partial charge < -0.3 is 0 Å². The zero-order valence-electron chi connectivity index (χ0n) is 8.87. The molecule has 0 aliphatic rings. The van der Waals surface area contributed by atoms with Gasteiger partial charge in [-0.1, -0.05) is 6.07 Å². The van der Waals surface area contributed by atoms with E-state index in [2.05, 4.69) is 20.9 Å². The van der Waals surface area contributed by atoms with Gasteiger partial charge in [0.1, 0.15) is 10.0 Å². The molecule has 0 aliphatic carbocycles. The molecule has 0 fully saturated rings. The van der Waals surface area contributed by atoms with E-state index in [-0.39, 0.29) is 4.21 Å². The third-order valence-corrected chi connectivity index (χ3v) is 5.99. The van der Waals surface area contributed by atoms with Crippen molar-refractivity contribution in [3.63, 3.8) is 0 Å². The number of pyridine rings is 1. The van der Waals surface area contributed by atoms with Gasteiger partial charge in [0.15, 0.2) is 0 Å². The minimum absolute atomic E-state index is 0.289. The van der Waals surface area contributed by atoms with E-state index < -0.39 is 10.0 Å². The lowest BCUT2D eigenvalue weighted by Crippen LogP contribution is -2.26. The molecular weight excluding hydrogens is 324 g/mol. The van der Waals surface area contributed by atoms with E-state index in [0.29, 0.717) is 5.82 Å². The fourth-order valence-electron chi connectivity index (χ4n) is 1.23. The number of hydrogen-bond acceptors (Lipinski definition) is 4. The lowest BCUT2D eigenvalue weighted by Gasteiger charge is -2.16. The molecule has 0 bridgehead atoms. The number of hydrogen-bond donors (Lipinski definition) is 0. The molecule has 2 aromatic heterocycles. The topological polar surface area (TPSA) is 50.3 Å². The minimum atomic E-state index is -3.51. The quantitative estimate of drug-likeness (QED) is 0.868. The predicted octanol–water partition coefficient (Wildman–Crippen LogP) is 2.73. The first-order valence-corrected chi connectivity index (χ1v) is 7.72. The van der Waals surface area contributed by atoms with Gasteiger partial charge in [-0.15, -0.1) is 11.3 Å². The number of aromatic nitrogens is 1. The molecule has 2 aromatic rings. The maximum absolute atomic E-state index is 12.2. The van der Waals surface area contributed by atoms with Crippen molar-refractivity contribution in [2.45, 2.75) is 4.21 Å². The second-order valence-corrected chi connectivity index (χ2v) is 7.88. The second kappa shape index (κ2) is 4.75. The van der Waals surface area contributed by atoms with Gasteiger partial charge >= 0.3 is 0 Å². The number of rotatable bonds is 3. The molecule has 0 saturated heterocycles. The highest BCUT2D eigenvalue weighted by atomic mass is 79.9. The van der Waals surface area contributed by atoms with Gasteiger partial charge in [-0.3, -0.25) is 4.31 Å². The number of nitrogens with zero attached hydrogens (tertiary/aromatic N) is 2. The normalized spacial score (nSPS) is 11.4. The molecule has 2 heterocycles. The number of sulfonamides is 1. The Hall–Kier alpha value is -0.920. The molecule has 4 nitrogen and oxygen atoms in total. The van der Waals surface area contributed by atoms with Gasteiger partial charge in [-0.05, 0) is 40.2 Å². The Morgan fingerprint density at radius 3 is 2.59 bits per heavy atom. The standard InChI is InChI=1S/C10H9BrN2O2S2/c1-13(9-4-2-3-7-12-9)17(14,15)10-6-5-8(11)16-10/h2-7H,1H3. The smallest absolute Gasteiger partial charge is 0.252 e. The van der Waals surface area contributed by atoms with Crippen LogP contribution in [-0.4, -0.2) is 20.4 Å². The first kappa shape index (κ1) is 12.5. The Bertz CT molecular complexity index is 610. The largest absolute Gasteiger partial charge is 0.274 e. The summed E-state index contributed by atoms with van der Waals surface area (Å²) < 4.78 is 26.7. The monoisotopic (exact) mass is 332 g/mol. The molecule has 0 amide bonds. The van der Waals surface area contributed by atoms with Gasteiger partial charge in [0, 0.05) is 13.2 Å². The van der Waals surface area contributed by atoms with E-state index >= 15 is 0 Å². The third kappa shape index (κ3) is 2.51. The fourth-order valence-corrected chi connectivity index (χ4v) is 4.57. The van der Waals surface area contributed by atoms with Crippen LogP contribution in [0.15, 0.2) is 44.5 Å². The van der Waals surface area contributed by atoms with E-state index in [4.69, 9.17) is 0 Å². The van der Waals surface area contributed by atoms with Crippen LogP contribution in [0.1, 0.15) is 0 Å². The van der Waals surface area contributed by atoms with Crippen LogP contribution in [0, 0.1) is 0 Å². The summed E-state index contributed by atoms with van der Waals surface area (Å²) in [6, 6.07) is 8.43.